The van der Waals surface area contributed by atoms with Gasteiger partial charge in [-0.25, -0.2) is 4.39 Å². The molecule has 0 unspecified atom stereocenters. The molecule has 132 valence electrons. The highest BCUT2D eigenvalue weighted by atomic mass is 19.1. The fraction of sp³-hybridized carbons (Fsp3) is 0.316. The number of benzene rings is 2. The van der Waals surface area contributed by atoms with Gasteiger partial charge in [0.1, 0.15) is 5.82 Å². The lowest BCUT2D eigenvalue weighted by Gasteiger charge is -2.14. The topological polar surface area (TPSA) is 68.9 Å². The second-order valence-corrected chi connectivity index (χ2v) is 6.18. The lowest BCUT2D eigenvalue weighted by Crippen LogP contribution is -2.25. The lowest BCUT2D eigenvalue weighted by molar-refractivity contribution is 0.355. The quantitative estimate of drug-likeness (QED) is 0.624. The number of hydrogen-bond acceptors (Lipinski definition) is 3. The van der Waals surface area contributed by atoms with E-state index in [1.165, 1.54) is 12.1 Å². The van der Waals surface area contributed by atoms with Crippen molar-refractivity contribution in [3.05, 3.63) is 53.8 Å². The Bertz CT molecular complexity index is 771. The van der Waals surface area contributed by atoms with Gasteiger partial charge in [-0.15, -0.1) is 0 Å². The van der Waals surface area contributed by atoms with E-state index in [9.17, 15) is 4.39 Å². The van der Waals surface area contributed by atoms with Crippen molar-refractivity contribution in [1.29, 1.82) is 0 Å². The molecule has 2 aromatic carbocycles. The molecule has 0 aliphatic heterocycles. The molecular formula is C19H22FN3O2. The Morgan fingerprint density at radius 3 is 2.40 bits per heavy atom. The predicted octanol–water partition coefficient (Wildman–Crippen LogP) is 3.30. The molecule has 0 saturated heterocycles. The van der Waals surface area contributed by atoms with Crippen LogP contribution in [0.4, 0.5) is 10.1 Å². The minimum absolute atomic E-state index is 0.0163. The number of nitrogens with one attached hydrogen (secondary N) is 1. The molecule has 0 spiro atoms. The lowest BCUT2D eigenvalue weighted by atomic mass is 9.96. The minimum Gasteiger partial charge on any atom is -0.493 e. The van der Waals surface area contributed by atoms with Crippen molar-refractivity contribution in [2.75, 3.05) is 26.1 Å². The van der Waals surface area contributed by atoms with Crippen LogP contribution in [-0.2, 0) is 5.41 Å². The third-order valence-electron chi connectivity index (χ3n) is 4.52. The molecule has 1 aliphatic carbocycles. The van der Waals surface area contributed by atoms with Crippen LogP contribution in [0, 0.1) is 5.82 Å². The Morgan fingerprint density at radius 2 is 1.80 bits per heavy atom. The standard InChI is InChI=1S/C19H22FN3O2/c1-24-16-8-7-15(11-17(16)25-2)23-18(21)22-12-19(9-10-19)13-3-5-14(20)6-4-13/h3-8,11H,9-10,12H2,1-2H3,(H3,21,22,23). The zero-order valence-electron chi connectivity index (χ0n) is 14.4. The monoisotopic (exact) mass is 343 g/mol. The molecule has 2 aromatic rings. The van der Waals surface area contributed by atoms with Crippen LogP contribution in [0.3, 0.4) is 0 Å². The van der Waals surface area contributed by atoms with Crippen molar-refractivity contribution in [1.82, 2.24) is 0 Å². The molecule has 0 heterocycles. The highest BCUT2D eigenvalue weighted by Crippen LogP contribution is 2.48. The van der Waals surface area contributed by atoms with Crippen LogP contribution < -0.4 is 20.5 Å². The zero-order chi connectivity index (χ0) is 17.9. The summed E-state index contributed by atoms with van der Waals surface area (Å²) >= 11 is 0. The smallest absolute Gasteiger partial charge is 0.193 e. The van der Waals surface area contributed by atoms with Crippen molar-refractivity contribution >= 4 is 11.6 Å². The Balaban J connectivity index is 1.67. The van der Waals surface area contributed by atoms with Crippen LogP contribution in [0.2, 0.25) is 0 Å². The summed E-state index contributed by atoms with van der Waals surface area (Å²) in [5.74, 6) is 1.38. The highest BCUT2D eigenvalue weighted by molar-refractivity contribution is 5.92. The van der Waals surface area contributed by atoms with E-state index in [1.54, 1.807) is 26.4 Å². The number of nitrogens with two attached hydrogens (primary N) is 1. The van der Waals surface area contributed by atoms with E-state index in [1.807, 2.05) is 18.2 Å². The summed E-state index contributed by atoms with van der Waals surface area (Å²) in [7, 11) is 3.17. The first-order valence-electron chi connectivity index (χ1n) is 8.11. The summed E-state index contributed by atoms with van der Waals surface area (Å²) in [5.41, 5.74) is 7.87. The SMILES string of the molecule is COc1ccc(NC(N)=NCC2(c3ccc(F)cc3)CC2)cc1OC. The van der Waals surface area contributed by atoms with Gasteiger partial charge in [0.05, 0.1) is 20.8 Å². The number of ether oxygens (including phenoxy) is 2. The maximum Gasteiger partial charge on any atom is 0.193 e. The van der Waals surface area contributed by atoms with Crippen molar-refractivity contribution in [2.24, 2.45) is 10.7 Å². The minimum atomic E-state index is -0.224. The van der Waals surface area contributed by atoms with Crippen molar-refractivity contribution < 1.29 is 13.9 Å². The summed E-state index contributed by atoms with van der Waals surface area (Å²) in [6.07, 6.45) is 2.07. The van der Waals surface area contributed by atoms with Crippen LogP contribution in [-0.4, -0.2) is 26.7 Å². The second kappa shape index (κ2) is 7.01. The molecule has 0 radical (unpaired) electrons. The fourth-order valence-corrected chi connectivity index (χ4v) is 2.83. The van der Waals surface area contributed by atoms with E-state index in [2.05, 4.69) is 10.3 Å². The molecule has 0 atom stereocenters. The molecule has 0 bridgehead atoms. The molecule has 3 rings (SSSR count). The average Bonchev–Trinajstić information content (AvgIpc) is 3.41. The highest BCUT2D eigenvalue weighted by Gasteiger charge is 2.44. The molecular weight excluding hydrogens is 321 g/mol. The van der Waals surface area contributed by atoms with Gasteiger partial charge in [0.2, 0.25) is 0 Å². The van der Waals surface area contributed by atoms with E-state index in [0.717, 1.165) is 24.1 Å². The Morgan fingerprint density at radius 1 is 1.12 bits per heavy atom. The van der Waals surface area contributed by atoms with Gasteiger partial charge in [0, 0.05) is 17.2 Å². The Hall–Kier alpha value is -2.76. The normalized spacial score (nSPS) is 15.6. The van der Waals surface area contributed by atoms with Crippen molar-refractivity contribution in [3.8, 4) is 11.5 Å². The third kappa shape index (κ3) is 3.84. The Labute approximate surface area is 146 Å². The first kappa shape index (κ1) is 17.1. The molecule has 0 amide bonds. The second-order valence-electron chi connectivity index (χ2n) is 6.18. The number of anilines is 1. The number of guanidine groups is 1. The van der Waals surface area contributed by atoms with Gasteiger partial charge in [-0.05, 0) is 42.7 Å². The maximum atomic E-state index is 13.1. The van der Waals surface area contributed by atoms with Crippen LogP contribution in [0.15, 0.2) is 47.5 Å². The Kier molecular flexibility index (Phi) is 4.79. The molecule has 1 saturated carbocycles. The molecule has 5 nitrogen and oxygen atoms in total. The van der Waals surface area contributed by atoms with Gasteiger partial charge in [-0.1, -0.05) is 12.1 Å². The van der Waals surface area contributed by atoms with Crippen LogP contribution >= 0.6 is 0 Å². The van der Waals surface area contributed by atoms with Crippen LogP contribution in [0.1, 0.15) is 18.4 Å². The van der Waals surface area contributed by atoms with Gasteiger partial charge in [-0.2, -0.15) is 0 Å². The predicted molar refractivity (Wildman–Crippen MR) is 97.0 cm³/mol. The molecule has 25 heavy (non-hydrogen) atoms. The van der Waals surface area contributed by atoms with E-state index in [-0.39, 0.29) is 11.2 Å². The summed E-state index contributed by atoms with van der Waals surface area (Å²) in [4.78, 5) is 4.47. The molecule has 6 heteroatoms. The van der Waals surface area contributed by atoms with E-state index < -0.39 is 0 Å². The number of nitrogens with zero attached hydrogens (tertiary/aromatic N) is 1. The maximum absolute atomic E-state index is 13.1. The van der Waals surface area contributed by atoms with Crippen molar-refractivity contribution in [3.63, 3.8) is 0 Å². The van der Waals surface area contributed by atoms with Gasteiger partial charge in [-0.3, -0.25) is 4.99 Å². The average molecular weight is 343 g/mol. The molecule has 0 aromatic heterocycles. The van der Waals surface area contributed by atoms with Gasteiger partial charge in [0.15, 0.2) is 17.5 Å². The summed E-state index contributed by atoms with van der Waals surface area (Å²) in [6, 6.07) is 12.1. The number of methoxy groups -OCH3 is 2. The number of halogens is 1. The summed E-state index contributed by atoms with van der Waals surface area (Å²) < 4.78 is 23.6. The molecule has 1 aliphatic rings. The third-order valence-corrected chi connectivity index (χ3v) is 4.52. The van der Waals surface area contributed by atoms with Gasteiger partial charge >= 0.3 is 0 Å². The largest absolute Gasteiger partial charge is 0.493 e. The number of rotatable bonds is 6. The van der Waals surface area contributed by atoms with E-state index in [4.69, 9.17) is 15.2 Å². The van der Waals surface area contributed by atoms with Gasteiger partial charge in [0.25, 0.3) is 0 Å². The first-order valence-corrected chi connectivity index (χ1v) is 8.11. The summed E-state index contributed by atoms with van der Waals surface area (Å²) in [5, 5.41) is 3.06. The van der Waals surface area contributed by atoms with Crippen molar-refractivity contribution in [2.45, 2.75) is 18.3 Å². The van der Waals surface area contributed by atoms with E-state index in [0.29, 0.717) is 24.0 Å². The molecule has 3 N–H and O–H groups in total. The number of hydrogen-bond donors (Lipinski definition) is 2. The fourth-order valence-electron chi connectivity index (χ4n) is 2.83. The zero-order valence-corrected chi connectivity index (χ0v) is 14.4. The van der Waals surface area contributed by atoms with E-state index >= 15 is 0 Å². The van der Waals surface area contributed by atoms with Crippen LogP contribution in [0.5, 0.6) is 11.5 Å². The molecule has 1 fully saturated rings. The number of aliphatic imine (C=N–C) groups is 1. The first-order chi connectivity index (χ1) is 12.1. The van der Waals surface area contributed by atoms with Gasteiger partial charge < -0.3 is 20.5 Å². The van der Waals surface area contributed by atoms with Crippen LogP contribution in [0.25, 0.3) is 0 Å². The summed E-state index contributed by atoms with van der Waals surface area (Å²) in [6.45, 7) is 0.574.